The first-order chi connectivity index (χ1) is 10.7. The molecule has 0 spiro atoms. The number of hydrogen-bond acceptors (Lipinski definition) is 3. The fraction of sp³-hybridized carbons (Fsp3) is 0.222. The van der Waals surface area contributed by atoms with Gasteiger partial charge in [-0.1, -0.05) is 25.1 Å². The average Bonchev–Trinajstić information content (AvgIpc) is 2.93. The normalized spacial score (nSPS) is 10.8. The molecule has 1 heterocycles. The van der Waals surface area contributed by atoms with E-state index in [1.54, 1.807) is 0 Å². The Morgan fingerprint density at radius 2 is 2.05 bits per heavy atom. The van der Waals surface area contributed by atoms with Crippen LogP contribution in [0.4, 0.5) is 5.69 Å². The van der Waals surface area contributed by atoms with E-state index in [4.69, 9.17) is 4.42 Å². The molecule has 0 saturated carbocycles. The number of carbonyl (C=O) groups excluding carboxylic acids is 1. The molecule has 0 aliphatic rings. The van der Waals surface area contributed by atoms with Crippen LogP contribution in [0.1, 0.15) is 25.3 Å². The predicted octanol–water partition coefficient (Wildman–Crippen LogP) is 4.54. The minimum Gasteiger partial charge on any atom is -0.436 e. The van der Waals surface area contributed by atoms with Gasteiger partial charge in [0.25, 0.3) is 0 Å². The van der Waals surface area contributed by atoms with Gasteiger partial charge in [-0.25, -0.2) is 4.98 Å². The molecule has 0 fully saturated rings. The molecule has 1 aromatic heterocycles. The number of benzene rings is 2. The van der Waals surface area contributed by atoms with Crippen molar-refractivity contribution in [3.05, 3.63) is 48.0 Å². The Morgan fingerprint density at radius 3 is 2.82 bits per heavy atom. The fourth-order valence-corrected chi connectivity index (χ4v) is 2.33. The van der Waals surface area contributed by atoms with Gasteiger partial charge >= 0.3 is 0 Å². The summed E-state index contributed by atoms with van der Waals surface area (Å²) >= 11 is 0. The van der Waals surface area contributed by atoms with Gasteiger partial charge in [-0.3, -0.25) is 4.79 Å². The lowest BCUT2D eigenvalue weighted by molar-refractivity contribution is -0.116. The van der Waals surface area contributed by atoms with Crippen molar-refractivity contribution in [2.75, 3.05) is 5.32 Å². The molecule has 4 heteroatoms. The van der Waals surface area contributed by atoms with Gasteiger partial charge < -0.3 is 9.73 Å². The first-order valence-corrected chi connectivity index (χ1v) is 7.44. The Labute approximate surface area is 129 Å². The molecule has 3 aromatic rings. The van der Waals surface area contributed by atoms with Crippen molar-refractivity contribution < 1.29 is 9.21 Å². The summed E-state index contributed by atoms with van der Waals surface area (Å²) in [4.78, 5) is 16.3. The highest BCUT2D eigenvalue weighted by Gasteiger charge is 2.11. The molecule has 1 N–H and O–H groups in total. The second-order valence-electron chi connectivity index (χ2n) is 5.31. The van der Waals surface area contributed by atoms with E-state index in [0.29, 0.717) is 12.3 Å². The van der Waals surface area contributed by atoms with Gasteiger partial charge in [0.2, 0.25) is 11.8 Å². The third-order valence-electron chi connectivity index (χ3n) is 3.53. The third-order valence-corrected chi connectivity index (χ3v) is 3.53. The molecule has 22 heavy (non-hydrogen) atoms. The molecule has 0 radical (unpaired) electrons. The number of hydrogen-bond donors (Lipinski definition) is 1. The minimum atomic E-state index is 0.0281. The van der Waals surface area contributed by atoms with Gasteiger partial charge in [0, 0.05) is 17.7 Å². The van der Waals surface area contributed by atoms with Gasteiger partial charge in [0.1, 0.15) is 5.52 Å². The monoisotopic (exact) mass is 294 g/mol. The van der Waals surface area contributed by atoms with Crippen molar-refractivity contribution in [3.8, 4) is 11.5 Å². The molecule has 0 bridgehead atoms. The number of aromatic nitrogens is 1. The van der Waals surface area contributed by atoms with E-state index >= 15 is 0 Å². The number of anilines is 1. The zero-order valence-corrected chi connectivity index (χ0v) is 12.7. The Balaban J connectivity index is 1.95. The lowest BCUT2D eigenvalue weighted by atomic mass is 10.1. The molecule has 0 aliphatic heterocycles. The molecule has 4 nitrogen and oxygen atoms in total. The highest BCUT2D eigenvalue weighted by molar-refractivity contribution is 5.92. The molecule has 2 aromatic carbocycles. The summed E-state index contributed by atoms with van der Waals surface area (Å²) in [7, 11) is 0. The van der Waals surface area contributed by atoms with Crippen molar-refractivity contribution in [3.63, 3.8) is 0 Å². The van der Waals surface area contributed by atoms with E-state index in [-0.39, 0.29) is 5.91 Å². The molecule has 0 aliphatic carbocycles. The van der Waals surface area contributed by atoms with Crippen LogP contribution >= 0.6 is 0 Å². The number of nitrogens with one attached hydrogen (secondary N) is 1. The summed E-state index contributed by atoms with van der Waals surface area (Å²) in [6.07, 6.45) is 1.35. The van der Waals surface area contributed by atoms with E-state index in [2.05, 4.69) is 10.3 Å². The standard InChI is InChI=1S/C18H18N2O2/c1-3-6-17(21)19-15-11-13(10-9-12(15)2)18-20-14-7-4-5-8-16(14)22-18/h4-5,7-11H,3,6H2,1-2H3,(H,19,21). The van der Waals surface area contributed by atoms with Gasteiger partial charge in [-0.15, -0.1) is 0 Å². The second kappa shape index (κ2) is 6.02. The van der Waals surface area contributed by atoms with Crippen LogP contribution in [-0.4, -0.2) is 10.9 Å². The summed E-state index contributed by atoms with van der Waals surface area (Å²) in [5.74, 6) is 0.590. The van der Waals surface area contributed by atoms with Gasteiger partial charge in [0.05, 0.1) is 0 Å². The van der Waals surface area contributed by atoms with Crippen LogP contribution in [0, 0.1) is 6.92 Å². The Kier molecular flexibility index (Phi) is 3.92. The average molecular weight is 294 g/mol. The maximum atomic E-state index is 11.8. The number of oxazole rings is 1. The first-order valence-electron chi connectivity index (χ1n) is 7.44. The minimum absolute atomic E-state index is 0.0281. The van der Waals surface area contributed by atoms with Crippen LogP contribution in [0.2, 0.25) is 0 Å². The second-order valence-corrected chi connectivity index (χ2v) is 5.31. The van der Waals surface area contributed by atoms with Crippen LogP contribution in [0.15, 0.2) is 46.9 Å². The van der Waals surface area contributed by atoms with Crippen molar-refractivity contribution in [1.82, 2.24) is 4.98 Å². The lowest BCUT2D eigenvalue weighted by Crippen LogP contribution is -2.11. The van der Waals surface area contributed by atoms with Gasteiger partial charge in [-0.2, -0.15) is 0 Å². The number of amides is 1. The van der Waals surface area contributed by atoms with E-state index < -0.39 is 0 Å². The zero-order valence-electron chi connectivity index (χ0n) is 12.7. The van der Waals surface area contributed by atoms with Crippen molar-refractivity contribution >= 4 is 22.7 Å². The van der Waals surface area contributed by atoms with Crippen LogP contribution in [-0.2, 0) is 4.79 Å². The zero-order chi connectivity index (χ0) is 15.5. The highest BCUT2D eigenvalue weighted by Crippen LogP contribution is 2.28. The van der Waals surface area contributed by atoms with Crippen LogP contribution < -0.4 is 5.32 Å². The molecule has 0 unspecified atom stereocenters. The smallest absolute Gasteiger partial charge is 0.227 e. The van der Waals surface area contributed by atoms with E-state index in [1.165, 1.54) is 0 Å². The molecule has 3 rings (SSSR count). The number of nitrogens with zero attached hydrogens (tertiary/aromatic N) is 1. The van der Waals surface area contributed by atoms with Crippen LogP contribution in [0.25, 0.3) is 22.6 Å². The van der Waals surface area contributed by atoms with Crippen molar-refractivity contribution in [2.24, 2.45) is 0 Å². The van der Waals surface area contributed by atoms with E-state index in [9.17, 15) is 4.79 Å². The molecule has 1 amide bonds. The van der Waals surface area contributed by atoms with Gasteiger partial charge in [-0.05, 0) is 43.2 Å². The van der Waals surface area contributed by atoms with E-state index in [0.717, 1.165) is 34.3 Å². The number of rotatable bonds is 4. The third kappa shape index (κ3) is 2.86. The topological polar surface area (TPSA) is 55.1 Å². The molecule has 0 saturated heterocycles. The number of carbonyl (C=O) groups is 1. The van der Waals surface area contributed by atoms with Crippen LogP contribution in [0.3, 0.4) is 0 Å². The van der Waals surface area contributed by atoms with Crippen LogP contribution in [0.5, 0.6) is 0 Å². The predicted molar refractivity (Wildman–Crippen MR) is 87.7 cm³/mol. The summed E-state index contributed by atoms with van der Waals surface area (Å²) in [5.41, 5.74) is 4.26. The SMILES string of the molecule is CCCC(=O)Nc1cc(-c2nc3ccccc3o2)ccc1C. The summed E-state index contributed by atoms with van der Waals surface area (Å²) < 4.78 is 5.78. The maximum Gasteiger partial charge on any atom is 0.227 e. The van der Waals surface area contributed by atoms with Crippen molar-refractivity contribution in [2.45, 2.75) is 26.7 Å². The largest absolute Gasteiger partial charge is 0.436 e. The number of para-hydroxylation sites is 2. The first kappa shape index (κ1) is 14.3. The summed E-state index contributed by atoms with van der Waals surface area (Å²) in [6.45, 7) is 3.96. The Bertz CT molecular complexity index is 788. The van der Waals surface area contributed by atoms with E-state index in [1.807, 2.05) is 56.3 Å². The highest BCUT2D eigenvalue weighted by atomic mass is 16.3. The molecule has 0 atom stereocenters. The lowest BCUT2D eigenvalue weighted by Gasteiger charge is -2.09. The summed E-state index contributed by atoms with van der Waals surface area (Å²) in [6, 6.07) is 13.5. The maximum absolute atomic E-state index is 11.8. The number of fused-ring (bicyclic) bond motifs is 1. The molecular weight excluding hydrogens is 276 g/mol. The Morgan fingerprint density at radius 1 is 1.23 bits per heavy atom. The fourth-order valence-electron chi connectivity index (χ4n) is 2.33. The number of aryl methyl sites for hydroxylation is 1. The Hall–Kier alpha value is -2.62. The summed E-state index contributed by atoms with van der Waals surface area (Å²) in [5, 5.41) is 2.95. The molecule has 112 valence electrons. The van der Waals surface area contributed by atoms with Gasteiger partial charge in [0.15, 0.2) is 5.58 Å². The van der Waals surface area contributed by atoms with Crippen molar-refractivity contribution in [1.29, 1.82) is 0 Å². The molecular formula is C18H18N2O2. The quantitative estimate of drug-likeness (QED) is 0.768.